The Kier molecular flexibility index (Phi) is 3.61. The van der Waals surface area contributed by atoms with Gasteiger partial charge in [-0.1, -0.05) is 0 Å². The van der Waals surface area contributed by atoms with Crippen LogP contribution in [-0.2, 0) is 4.74 Å². The normalized spacial score (nSPS) is 28.0. The van der Waals surface area contributed by atoms with E-state index in [0.29, 0.717) is 23.5 Å². The molecule has 0 saturated carbocycles. The van der Waals surface area contributed by atoms with E-state index in [9.17, 15) is 0 Å². The van der Waals surface area contributed by atoms with Crippen molar-refractivity contribution >= 4 is 28.5 Å². The number of anilines is 1. The van der Waals surface area contributed by atoms with Crippen LogP contribution in [0.2, 0.25) is 5.28 Å². The van der Waals surface area contributed by atoms with Crippen LogP contribution in [0.25, 0.3) is 11.0 Å². The minimum atomic E-state index is 0.298. The molecule has 0 aliphatic carbocycles. The van der Waals surface area contributed by atoms with Crippen molar-refractivity contribution in [3.63, 3.8) is 0 Å². The van der Waals surface area contributed by atoms with E-state index in [0.717, 1.165) is 68.7 Å². The summed E-state index contributed by atoms with van der Waals surface area (Å²) in [6.45, 7) is 3.78. The third kappa shape index (κ3) is 2.46. The van der Waals surface area contributed by atoms with Gasteiger partial charge in [0.15, 0.2) is 5.65 Å². The number of halogens is 1. The molecule has 3 aliphatic heterocycles. The van der Waals surface area contributed by atoms with Crippen LogP contribution in [0.5, 0.6) is 0 Å². The van der Waals surface area contributed by atoms with E-state index in [2.05, 4.69) is 25.3 Å². The van der Waals surface area contributed by atoms with Gasteiger partial charge in [-0.05, 0) is 50.4 Å². The van der Waals surface area contributed by atoms with Gasteiger partial charge in [0.05, 0.1) is 29.8 Å². The zero-order chi connectivity index (χ0) is 16.1. The summed E-state index contributed by atoms with van der Waals surface area (Å²) in [7, 11) is 0. The summed E-state index contributed by atoms with van der Waals surface area (Å²) in [6, 6.07) is 0.378. The van der Waals surface area contributed by atoms with E-state index in [-0.39, 0.29) is 0 Å². The van der Waals surface area contributed by atoms with Gasteiger partial charge in [-0.2, -0.15) is 15.1 Å². The van der Waals surface area contributed by atoms with Crippen molar-refractivity contribution in [2.24, 2.45) is 0 Å². The summed E-state index contributed by atoms with van der Waals surface area (Å²) >= 11 is 6.27. The number of nitrogens with one attached hydrogen (secondary N) is 1. The molecule has 1 N–H and O–H groups in total. The van der Waals surface area contributed by atoms with Gasteiger partial charge < -0.3 is 15.0 Å². The molecular weight excluding hydrogens is 328 g/mol. The maximum Gasteiger partial charge on any atom is 0.226 e. The van der Waals surface area contributed by atoms with Crippen LogP contribution in [0.3, 0.4) is 0 Å². The molecule has 0 aromatic carbocycles. The monoisotopic (exact) mass is 348 g/mol. The van der Waals surface area contributed by atoms with E-state index >= 15 is 0 Å². The van der Waals surface area contributed by atoms with Gasteiger partial charge in [-0.25, -0.2) is 4.68 Å². The smallest absolute Gasteiger partial charge is 0.226 e. The Bertz CT molecular complexity index is 746. The number of fused-ring (bicyclic) bond motifs is 3. The lowest BCUT2D eigenvalue weighted by Crippen LogP contribution is -2.43. The lowest BCUT2D eigenvalue weighted by Gasteiger charge is -2.33. The van der Waals surface area contributed by atoms with E-state index in [1.165, 1.54) is 0 Å². The van der Waals surface area contributed by atoms with Crippen LogP contribution in [0.15, 0.2) is 6.20 Å². The SMILES string of the molecule is Clc1nc(N2CC3CCC(C2)O3)c2cnn(C3CCNCC3)c2n1. The Morgan fingerprint density at radius 1 is 1.08 bits per heavy atom. The number of rotatable bonds is 2. The van der Waals surface area contributed by atoms with Gasteiger partial charge in [-0.15, -0.1) is 0 Å². The molecule has 2 aromatic heterocycles. The molecule has 7 nitrogen and oxygen atoms in total. The van der Waals surface area contributed by atoms with Crippen molar-refractivity contribution in [1.82, 2.24) is 25.1 Å². The topological polar surface area (TPSA) is 68.1 Å². The molecule has 128 valence electrons. The number of nitrogens with zero attached hydrogens (tertiary/aromatic N) is 5. The summed E-state index contributed by atoms with van der Waals surface area (Å²) in [5, 5.41) is 9.33. The van der Waals surface area contributed by atoms with E-state index in [4.69, 9.17) is 16.3 Å². The summed E-state index contributed by atoms with van der Waals surface area (Å²) in [5.41, 5.74) is 0.857. The average molecular weight is 349 g/mol. The summed E-state index contributed by atoms with van der Waals surface area (Å²) < 4.78 is 7.99. The quantitative estimate of drug-likeness (QED) is 0.834. The van der Waals surface area contributed by atoms with Crippen LogP contribution in [0.4, 0.5) is 5.82 Å². The molecule has 3 saturated heterocycles. The van der Waals surface area contributed by atoms with Gasteiger partial charge in [0.1, 0.15) is 5.82 Å². The second-order valence-electron chi connectivity index (χ2n) is 6.99. The van der Waals surface area contributed by atoms with Gasteiger partial charge in [0.25, 0.3) is 0 Å². The molecule has 5 rings (SSSR count). The van der Waals surface area contributed by atoms with E-state index in [1.807, 2.05) is 10.9 Å². The minimum absolute atomic E-state index is 0.298. The van der Waals surface area contributed by atoms with Crippen LogP contribution < -0.4 is 10.2 Å². The molecule has 24 heavy (non-hydrogen) atoms. The largest absolute Gasteiger partial charge is 0.371 e. The zero-order valence-corrected chi connectivity index (χ0v) is 14.2. The molecular formula is C16H21ClN6O. The van der Waals surface area contributed by atoms with Gasteiger partial charge >= 0.3 is 0 Å². The minimum Gasteiger partial charge on any atom is -0.371 e. The number of hydrogen-bond acceptors (Lipinski definition) is 6. The predicted molar refractivity (Wildman–Crippen MR) is 91.6 cm³/mol. The van der Waals surface area contributed by atoms with Crippen molar-refractivity contribution < 1.29 is 4.74 Å². The maximum atomic E-state index is 6.27. The molecule has 0 radical (unpaired) electrons. The maximum absolute atomic E-state index is 6.27. The van der Waals surface area contributed by atoms with Crippen molar-refractivity contribution in [2.45, 2.75) is 43.9 Å². The molecule has 0 spiro atoms. The predicted octanol–water partition coefficient (Wildman–Crippen LogP) is 1.77. The molecule has 2 unspecified atom stereocenters. The first kappa shape index (κ1) is 14.9. The Hall–Kier alpha value is -1.44. The molecule has 0 amide bonds. The first-order valence-electron chi connectivity index (χ1n) is 8.80. The Labute approximate surface area is 145 Å². The molecule has 2 bridgehead atoms. The van der Waals surface area contributed by atoms with Crippen LogP contribution in [0.1, 0.15) is 31.7 Å². The second kappa shape index (κ2) is 5.82. The van der Waals surface area contributed by atoms with Crippen molar-refractivity contribution in [3.8, 4) is 0 Å². The van der Waals surface area contributed by atoms with Gasteiger partial charge in [-0.3, -0.25) is 0 Å². The summed E-state index contributed by atoms with van der Waals surface area (Å²) in [6.07, 6.45) is 6.93. The highest BCUT2D eigenvalue weighted by Gasteiger charge is 2.35. The fraction of sp³-hybridized carbons (Fsp3) is 0.688. The van der Waals surface area contributed by atoms with Crippen LogP contribution in [0, 0.1) is 0 Å². The van der Waals surface area contributed by atoms with Gasteiger partial charge in [0.2, 0.25) is 5.28 Å². The van der Waals surface area contributed by atoms with Crippen molar-refractivity contribution in [1.29, 1.82) is 0 Å². The first-order chi connectivity index (χ1) is 11.8. The average Bonchev–Trinajstić information content (AvgIpc) is 3.17. The Morgan fingerprint density at radius 2 is 1.83 bits per heavy atom. The fourth-order valence-corrected chi connectivity index (χ4v) is 4.39. The van der Waals surface area contributed by atoms with Crippen LogP contribution in [-0.4, -0.2) is 58.1 Å². The molecule has 3 fully saturated rings. The lowest BCUT2D eigenvalue weighted by atomic mass is 10.1. The number of ether oxygens (including phenoxy) is 1. The van der Waals surface area contributed by atoms with Crippen molar-refractivity contribution in [2.75, 3.05) is 31.1 Å². The number of hydrogen-bond donors (Lipinski definition) is 1. The molecule has 2 aromatic rings. The number of aromatic nitrogens is 4. The van der Waals surface area contributed by atoms with Crippen molar-refractivity contribution in [3.05, 3.63) is 11.5 Å². The third-order valence-corrected chi connectivity index (χ3v) is 5.57. The lowest BCUT2D eigenvalue weighted by molar-refractivity contribution is 0.0303. The van der Waals surface area contributed by atoms with Gasteiger partial charge in [0, 0.05) is 13.1 Å². The van der Waals surface area contributed by atoms with E-state index in [1.54, 1.807) is 0 Å². The third-order valence-electron chi connectivity index (χ3n) is 5.40. The Morgan fingerprint density at radius 3 is 2.58 bits per heavy atom. The molecule has 8 heteroatoms. The highest BCUT2D eigenvalue weighted by atomic mass is 35.5. The second-order valence-corrected chi connectivity index (χ2v) is 7.32. The molecule has 2 atom stereocenters. The number of piperidine rings is 1. The molecule has 3 aliphatic rings. The Balaban J connectivity index is 1.55. The van der Waals surface area contributed by atoms with E-state index < -0.39 is 0 Å². The van der Waals surface area contributed by atoms with Crippen LogP contribution >= 0.6 is 11.6 Å². The first-order valence-corrected chi connectivity index (χ1v) is 9.17. The molecule has 5 heterocycles. The highest BCUT2D eigenvalue weighted by molar-refractivity contribution is 6.28. The summed E-state index contributed by atoms with van der Waals surface area (Å²) in [5.74, 6) is 0.908. The standard InChI is InChI=1S/C16H21ClN6O/c17-16-20-14(22-8-11-1-2-12(9-22)24-11)13-7-19-23(15(13)21-16)10-3-5-18-6-4-10/h7,10-12,18H,1-6,8-9H2. The highest BCUT2D eigenvalue weighted by Crippen LogP contribution is 2.34. The summed E-state index contributed by atoms with van der Waals surface area (Å²) in [4.78, 5) is 11.3. The zero-order valence-electron chi connectivity index (χ0n) is 13.5. The number of morpholine rings is 1. The fourth-order valence-electron chi connectivity index (χ4n) is 4.23.